The van der Waals surface area contributed by atoms with Crippen LogP contribution in [0.3, 0.4) is 0 Å². The number of benzene rings is 2. The lowest BCUT2D eigenvalue weighted by atomic mass is 10.0. The third-order valence-corrected chi connectivity index (χ3v) is 5.72. The van der Waals surface area contributed by atoms with Gasteiger partial charge < -0.3 is 18.9 Å². The van der Waals surface area contributed by atoms with Gasteiger partial charge in [0.15, 0.2) is 5.82 Å². The quantitative estimate of drug-likeness (QED) is 0.429. The van der Waals surface area contributed by atoms with Gasteiger partial charge >= 0.3 is 0 Å². The Labute approximate surface area is 199 Å². The van der Waals surface area contributed by atoms with E-state index in [2.05, 4.69) is 44.3 Å². The first-order valence-corrected chi connectivity index (χ1v) is 10.7. The van der Waals surface area contributed by atoms with Gasteiger partial charge in [-0.1, -0.05) is 36.4 Å². The van der Waals surface area contributed by atoms with Gasteiger partial charge in [-0.05, 0) is 36.8 Å². The normalized spacial score (nSPS) is 15.7. The van der Waals surface area contributed by atoms with Gasteiger partial charge in [0.2, 0.25) is 0 Å². The Morgan fingerprint density at radius 2 is 1.88 bits per heavy atom. The maximum atomic E-state index is 5.75. The predicted octanol–water partition coefficient (Wildman–Crippen LogP) is 4.65. The summed E-state index contributed by atoms with van der Waals surface area (Å²) in [6.45, 7) is 4.06. The summed E-state index contributed by atoms with van der Waals surface area (Å²) in [6.07, 6.45) is 3.75. The number of aryl methyl sites for hydroxylation is 1. The Kier molecular flexibility index (Phi) is 6.91. The molecule has 0 amide bonds. The monoisotopic (exact) mass is 463 g/mol. The Hall–Kier alpha value is -3.42. The lowest BCUT2D eigenvalue weighted by molar-refractivity contribution is 0.0936. The maximum Gasteiger partial charge on any atom is 0.151 e. The van der Waals surface area contributed by atoms with Gasteiger partial charge in [-0.15, -0.1) is 22.6 Å². The standard InChI is InChI=1S/C25H25N5O2.ClH/c1-18-15-29(17-26-18)22-10-8-20(14-24(22)31-2)21-9-11-25(28-27-21)30-12-13-32-16-23(30)19-6-4-3-5-7-19;/h3-11,14-15,17,23H,12-13,16H2,1-2H3;1H. The van der Waals surface area contributed by atoms with E-state index in [0.717, 1.165) is 40.8 Å². The number of hydrogen-bond donors (Lipinski definition) is 0. The van der Waals surface area contributed by atoms with Crippen LogP contribution in [0.4, 0.5) is 5.82 Å². The largest absolute Gasteiger partial charge is 0.495 e. The Morgan fingerprint density at radius 1 is 1.03 bits per heavy atom. The summed E-state index contributed by atoms with van der Waals surface area (Å²) in [5.41, 5.74) is 4.84. The minimum absolute atomic E-state index is 0. The van der Waals surface area contributed by atoms with Gasteiger partial charge in [0.25, 0.3) is 0 Å². The van der Waals surface area contributed by atoms with Crippen LogP contribution in [0.1, 0.15) is 17.3 Å². The van der Waals surface area contributed by atoms with Crippen molar-refractivity contribution in [2.45, 2.75) is 13.0 Å². The molecule has 5 rings (SSSR count). The van der Waals surface area contributed by atoms with Crippen molar-refractivity contribution >= 4 is 18.2 Å². The van der Waals surface area contributed by atoms with Crippen molar-refractivity contribution in [2.75, 3.05) is 31.8 Å². The molecule has 170 valence electrons. The van der Waals surface area contributed by atoms with Crippen LogP contribution in [-0.4, -0.2) is 46.6 Å². The zero-order valence-corrected chi connectivity index (χ0v) is 19.4. The van der Waals surface area contributed by atoms with Crippen molar-refractivity contribution in [2.24, 2.45) is 0 Å². The van der Waals surface area contributed by atoms with E-state index in [1.165, 1.54) is 5.56 Å². The Balaban J connectivity index is 0.00000259. The molecule has 0 aliphatic carbocycles. The number of methoxy groups -OCH3 is 1. The minimum Gasteiger partial charge on any atom is -0.495 e. The number of ether oxygens (including phenoxy) is 2. The van der Waals surface area contributed by atoms with Gasteiger partial charge in [-0.25, -0.2) is 4.98 Å². The molecule has 0 spiro atoms. The van der Waals surface area contributed by atoms with Crippen LogP contribution in [0.5, 0.6) is 5.75 Å². The number of rotatable bonds is 5. The SMILES string of the molecule is COc1cc(-c2ccc(N3CCOCC3c3ccccc3)nn2)ccc1-n1cnc(C)c1.Cl. The van der Waals surface area contributed by atoms with E-state index in [4.69, 9.17) is 9.47 Å². The highest BCUT2D eigenvalue weighted by Crippen LogP contribution is 2.31. The molecule has 7 nitrogen and oxygen atoms in total. The fourth-order valence-corrected chi connectivity index (χ4v) is 4.06. The molecule has 0 N–H and O–H groups in total. The van der Waals surface area contributed by atoms with Crippen molar-refractivity contribution in [1.82, 2.24) is 19.7 Å². The molecule has 8 heteroatoms. The number of nitrogens with zero attached hydrogens (tertiary/aromatic N) is 5. The van der Waals surface area contributed by atoms with Crippen LogP contribution in [0.25, 0.3) is 16.9 Å². The summed E-state index contributed by atoms with van der Waals surface area (Å²) < 4.78 is 13.3. The number of halogens is 1. The summed E-state index contributed by atoms with van der Waals surface area (Å²) in [7, 11) is 1.67. The first kappa shape index (κ1) is 22.8. The smallest absolute Gasteiger partial charge is 0.151 e. The molecule has 3 heterocycles. The average Bonchev–Trinajstić information content (AvgIpc) is 3.30. The van der Waals surface area contributed by atoms with Crippen LogP contribution < -0.4 is 9.64 Å². The fourth-order valence-electron chi connectivity index (χ4n) is 4.06. The highest BCUT2D eigenvalue weighted by Gasteiger charge is 2.26. The number of anilines is 1. The highest BCUT2D eigenvalue weighted by atomic mass is 35.5. The van der Waals surface area contributed by atoms with E-state index < -0.39 is 0 Å². The van der Waals surface area contributed by atoms with E-state index >= 15 is 0 Å². The molecular formula is C25H26ClN5O2. The molecule has 2 aromatic heterocycles. The van der Waals surface area contributed by atoms with Crippen molar-refractivity contribution in [3.63, 3.8) is 0 Å². The maximum absolute atomic E-state index is 5.75. The third-order valence-electron chi connectivity index (χ3n) is 5.72. The van der Waals surface area contributed by atoms with E-state index in [-0.39, 0.29) is 18.4 Å². The molecule has 1 saturated heterocycles. The molecule has 0 bridgehead atoms. The number of morpholine rings is 1. The van der Waals surface area contributed by atoms with Crippen molar-refractivity contribution in [1.29, 1.82) is 0 Å². The predicted molar refractivity (Wildman–Crippen MR) is 130 cm³/mol. The second kappa shape index (κ2) is 10.0. The number of hydrogen-bond acceptors (Lipinski definition) is 6. The molecule has 2 aromatic carbocycles. The second-order valence-electron chi connectivity index (χ2n) is 7.78. The van der Waals surface area contributed by atoms with E-state index in [0.29, 0.717) is 13.2 Å². The summed E-state index contributed by atoms with van der Waals surface area (Å²) in [5, 5.41) is 9.09. The van der Waals surface area contributed by atoms with E-state index in [1.807, 2.05) is 54.1 Å². The first-order valence-electron chi connectivity index (χ1n) is 10.7. The number of aromatic nitrogens is 4. The molecule has 1 aliphatic heterocycles. The van der Waals surface area contributed by atoms with Crippen LogP contribution in [0.2, 0.25) is 0 Å². The summed E-state index contributed by atoms with van der Waals surface area (Å²) in [6, 6.07) is 20.6. The lowest BCUT2D eigenvalue weighted by Crippen LogP contribution is -2.40. The van der Waals surface area contributed by atoms with Crippen molar-refractivity contribution in [3.8, 4) is 22.7 Å². The fraction of sp³-hybridized carbons (Fsp3) is 0.240. The minimum atomic E-state index is 0. The van der Waals surface area contributed by atoms with Crippen molar-refractivity contribution < 1.29 is 9.47 Å². The molecule has 1 unspecified atom stereocenters. The Bertz CT molecular complexity index is 1200. The van der Waals surface area contributed by atoms with Crippen molar-refractivity contribution in [3.05, 3.63) is 84.4 Å². The summed E-state index contributed by atoms with van der Waals surface area (Å²) >= 11 is 0. The zero-order valence-electron chi connectivity index (χ0n) is 18.6. The first-order chi connectivity index (χ1) is 15.7. The zero-order chi connectivity index (χ0) is 21.9. The van der Waals surface area contributed by atoms with Gasteiger partial charge in [0, 0.05) is 18.3 Å². The molecule has 1 atom stereocenters. The molecule has 1 aliphatic rings. The molecular weight excluding hydrogens is 438 g/mol. The van der Waals surface area contributed by atoms with Crippen LogP contribution >= 0.6 is 12.4 Å². The van der Waals surface area contributed by atoms with E-state index in [1.54, 1.807) is 13.4 Å². The van der Waals surface area contributed by atoms with Crippen LogP contribution in [0, 0.1) is 6.92 Å². The number of imidazole rings is 1. The van der Waals surface area contributed by atoms with Crippen LogP contribution in [0.15, 0.2) is 73.2 Å². The summed E-state index contributed by atoms with van der Waals surface area (Å²) in [5.74, 6) is 1.60. The molecule has 0 saturated carbocycles. The third kappa shape index (κ3) is 4.69. The average molecular weight is 464 g/mol. The molecule has 4 aromatic rings. The molecule has 1 fully saturated rings. The lowest BCUT2D eigenvalue weighted by Gasteiger charge is -2.36. The molecule has 0 radical (unpaired) electrons. The van der Waals surface area contributed by atoms with Crippen LogP contribution in [-0.2, 0) is 4.74 Å². The molecule has 33 heavy (non-hydrogen) atoms. The van der Waals surface area contributed by atoms with E-state index in [9.17, 15) is 0 Å². The van der Waals surface area contributed by atoms with Gasteiger partial charge in [0.05, 0.1) is 49.8 Å². The highest BCUT2D eigenvalue weighted by molar-refractivity contribution is 5.85. The van der Waals surface area contributed by atoms with Gasteiger partial charge in [-0.3, -0.25) is 0 Å². The Morgan fingerprint density at radius 3 is 2.58 bits per heavy atom. The summed E-state index contributed by atoms with van der Waals surface area (Å²) in [4.78, 5) is 6.57. The second-order valence-corrected chi connectivity index (χ2v) is 7.78. The topological polar surface area (TPSA) is 65.3 Å². The van der Waals surface area contributed by atoms with Gasteiger partial charge in [-0.2, -0.15) is 0 Å². The van der Waals surface area contributed by atoms with Gasteiger partial charge in [0.1, 0.15) is 5.75 Å².